The fourth-order valence-electron chi connectivity index (χ4n) is 3.99. The van der Waals surface area contributed by atoms with E-state index in [1.165, 1.54) is 11.1 Å². The molecule has 3 heterocycles. The molecular weight excluding hydrogens is 374 g/mol. The van der Waals surface area contributed by atoms with Gasteiger partial charge in [-0.3, -0.25) is 9.88 Å². The van der Waals surface area contributed by atoms with Crippen LogP contribution in [0.25, 0.3) is 0 Å². The van der Waals surface area contributed by atoms with Gasteiger partial charge in [0.25, 0.3) is 0 Å². The number of ether oxygens (including phenoxy) is 1. The molecule has 0 atom stereocenters. The van der Waals surface area contributed by atoms with E-state index in [2.05, 4.69) is 45.3 Å². The summed E-state index contributed by atoms with van der Waals surface area (Å²) >= 11 is 0. The Morgan fingerprint density at radius 3 is 2.73 bits per heavy atom. The van der Waals surface area contributed by atoms with Crippen molar-refractivity contribution in [1.82, 2.24) is 19.9 Å². The van der Waals surface area contributed by atoms with Crippen LogP contribution >= 0.6 is 0 Å². The van der Waals surface area contributed by atoms with Crippen molar-refractivity contribution in [3.8, 4) is 5.75 Å². The van der Waals surface area contributed by atoms with Crippen molar-refractivity contribution in [3.63, 3.8) is 0 Å². The molecule has 0 aliphatic carbocycles. The first-order chi connectivity index (χ1) is 14.6. The molecule has 1 aliphatic rings. The summed E-state index contributed by atoms with van der Waals surface area (Å²) in [4.78, 5) is 16.1. The molecule has 1 fully saturated rings. The third-order valence-electron chi connectivity index (χ3n) is 5.75. The molecule has 1 aromatic carbocycles. The topological polar surface area (TPSA) is 63.2 Å². The first-order valence-electron chi connectivity index (χ1n) is 10.5. The van der Waals surface area contributed by atoms with E-state index in [0.717, 1.165) is 61.1 Å². The lowest BCUT2D eigenvalue weighted by atomic mass is 9.93. The Hall–Kier alpha value is -2.99. The maximum absolute atomic E-state index is 5.57. The maximum atomic E-state index is 5.57. The largest absolute Gasteiger partial charge is 0.496 e. The monoisotopic (exact) mass is 403 g/mol. The number of hydrogen-bond donors (Lipinski definition) is 1. The average Bonchev–Trinajstić information content (AvgIpc) is 2.77. The number of hydrogen-bond acceptors (Lipinski definition) is 6. The fourth-order valence-corrected chi connectivity index (χ4v) is 3.99. The number of nitrogens with one attached hydrogen (secondary N) is 1. The van der Waals surface area contributed by atoms with Gasteiger partial charge in [0.1, 0.15) is 17.4 Å². The third-order valence-corrected chi connectivity index (χ3v) is 5.75. The van der Waals surface area contributed by atoms with Crippen molar-refractivity contribution in [2.75, 3.05) is 25.5 Å². The lowest BCUT2D eigenvalue weighted by molar-refractivity contribution is 0.201. The molecule has 0 spiro atoms. The summed E-state index contributed by atoms with van der Waals surface area (Å²) < 4.78 is 5.57. The van der Waals surface area contributed by atoms with Crippen LogP contribution in [0.2, 0.25) is 0 Å². The smallest absolute Gasteiger partial charge is 0.150 e. The van der Waals surface area contributed by atoms with Gasteiger partial charge in [0, 0.05) is 30.4 Å². The standard InChI is InChI=1S/C24H29N5O/c1-17-6-7-20(22(13-17)30-3)16-29-11-8-19(9-12-29)21-14-25-15-23(27-21)28-24-18(2)5-4-10-26-24/h4-7,10,13-15,19H,8-9,11-12,16H2,1-3H3,(H,26,27,28). The van der Waals surface area contributed by atoms with Gasteiger partial charge in [-0.15, -0.1) is 0 Å². The van der Waals surface area contributed by atoms with E-state index in [9.17, 15) is 0 Å². The van der Waals surface area contributed by atoms with Crippen LogP contribution in [0.4, 0.5) is 11.6 Å². The zero-order valence-corrected chi connectivity index (χ0v) is 17.9. The number of aryl methyl sites for hydroxylation is 2. The zero-order valence-electron chi connectivity index (χ0n) is 17.9. The van der Waals surface area contributed by atoms with Crippen molar-refractivity contribution >= 4 is 11.6 Å². The van der Waals surface area contributed by atoms with Gasteiger partial charge in [0.15, 0.2) is 0 Å². The number of anilines is 2. The molecule has 156 valence electrons. The number of methoxy groups -OCH3 is 1. The van der Waals surface area contributed by atoms with E-state index in [4.69, 9.17) is 9.72 Å². The molecule has 1 saturated heterocycles. The Bertz CT molecular complexity index is 998. The predicted octanol–water partition coefficient (Wildman–Crippen LogP) is 4.62. The SMILES string of the molecule is COc1cc(C)ccc1CN1CCC(c2cncc(Nc3ncccc3C)n2)CC1. The van der Waals surface area contributed by atoms with Gasteiger partial charge < -0.3 is 10.1 Å². The van der Waals surface area contributed by atoms with Gasteiger partial charge in [0.2, 0.25) is 0 Å². The van der Waals surface area contributed by atoms with Crippen molar-refractivity contribution in [1.29, 1.82) is 0 Å². The van der Waals surface area contributed by atoms with Gasteiger partial charge >= 0.3 is 0 Å². The molecule has 6 nitrogen and oxygen atoms in total. The Labute approximate surface area is 178 Å². The van der Waals surface area contributed by atoms with E-state index in [1.807, 2.05) is 25.3 Å². The average molecular weight is 404 g/mol. The van der Waals surface area contributed by atoms with E-state index < -0.39 is 0 Å². The molecule has 0 bridgehead atoms. The second-order valence-corrected chi connectivity index (χ2v) is 7.99. The third kappa shape index (κ3) is 4.76. The first-order valence-corrected chi connectivity index (χ1v) is 10.5. The van der Waals surface area contributed by atoms with Crippen LogP contribution < -0.4 is 10.1 Å². The zero-order chi connectivity index (χ0) is 20.9. The Balaban J connectivity index is 1.38. The van der Waals surface area contributed by atoms with Gasteiger partial charge in [-0.1, -0.05) is 18.2 Å². The van der Waals surface area contributed by atoms with Crippen LogP contribution in [0.1, 0.15) is 41.1 Å². The van der Waals surface area contributed by atoms with E-state index >= 15 is 0 Å². The molecule has 30 heavy (non-hydrogen) atoms. The molecule has 0 amide bonds. The second-order valence-electron chi connectivity index (χ2n) is 7.99. The molecule has 3 aromatic rings. The van der Waals surface area contributed by atoms with Crippen LogP contribution in [0, 0.1) is 13.8 Å². The molecule has 1 aliphatic heterocycles. The fraction of sp³-hybridized carbons (Fsp3) is 0.375. The first kappa shape index (κ1) is 20.3. The van der Waals surface area contributed by atoms with Crippen molar-refractivity contribution in [2.45, 2.75) is 39.2 Å². The summed E-state index contributed by atoms with van der Waals surface area (Å²) in [6.07, 6.45) is 7.60. The van der Waals surface area contributed by atoms with Crippen LogP contribution in [-0.2, 0) is 6.54 Å². The highest BCUT2D eigenvalue weighted by Gasteiger charge is 2.23. The highest BCUT2D eigenvalue weighted by molar-refractivity contribution is 5.54. The Morgan fingerprint density at radius 2 is 1.97 bits per heavy atom. The highest BCUT2D eigenvalue weighted by atomic mass is 16.5. The molecular formula is C24H29N5O. The highest BCUT2D eigenvalue weighted by Crippen LogP contribution is 2.29. The number of rotatable bonds is 6. The van der Waals surface area contributed by atoms with Crippen molar-refractivity contribution in [2.24, 2.45) is 0 Å². The summed E-state index contributed by atoms with van der Waals surface area (Å²) in [6, 6.07) is 10.4. The summed E-state index contributed by atoms with van der Waals surface area (Å²) in [5, 5.41) is 3.30. The lowest BCUT2D eigenvalue weighted by Crippen LogP contribution is -2.32. The number of pyridine rings is 1. The van der Waals surface area contributed by atoms with Gasteiger partial charge in [-0.25, -0.2) is 9.97 Å². The number of benzene rings is 1. The maximum Gasteiger partial charge on any atom is 0.150 e. The van der Waals surface area contributed by atoms with Gasteiger partial charge in [-0.2, -0.15) is 0 Å². The number of aromatic nitrogens is 3. The summed E-state index contributed by atoms with van der Waals surface area (Å²) in [5.41, 5.74) is 4.62. The Kier molecular flexibility index (Phi) is 6.23. The molecule has 0 saturated carbocycles. The predicted molar refractivity (Wildman–Crippen MR) is 119 cm³/mol. The Morgan fingerprint density at radius 1 is 1.13 bits per heavy atom. The molecule has 4 rings (SSSR count). The van der Waals surface area contributed by atoms with Crippen LogP contribution in [0.15, 0.2) is 48.9 Å². The van der Waals surface area contributed by atoms with Crippen molar-refractivity contribution in [3.05, 3.63) is 71.3 Å². The van der Waals surface area contributed by atoms with Gasteiger partial charge in [0.05, 0.1) is 19.0 Å². The minimum atomic E-state index is 0.431. The summed E-state index contributed by atoms with van der Waals surface area (Å²) in [6.45, 7) is 7.13. The van der Waals surface area contributed by atoms with Crippen LogP contribution in [0.5, 0.6) is 5.75 Å². The van der Waals surface area contributed by atoms with E-state index in [0.29, 0.717) is 5.92 Å². The van der Waals surface area contributed by atoms with Crippen molar-refractivity contribution < 1.29 is 4.74 Å². The molecule has 1 N–H and O–H groups in total. The second kappa shape index (κ2) is 9.22. The quantitative estimate of drug-likeness (QED) is 0.648. The minimum absolute atomic E-state index is 0.431. The summed E-state index contributed by atoms with van der Waals surface area (Å²) in [5.74, 6) is 2.98. The molecule has 2 aromatic heterocycles. The lowest BCUT2D eigenvalue weighted by Gasteiger charge is -2.32. The molecule has 0 radical (unpaired) electrons. The van der Waals surface area contributed by atoms with Crippen LogP contribution in [-0.4, -0.2) is 40.1 Å². The molecule has 0 unspecified atom stereocenters. The van der Waals surface area contributed by atoms with Crippen LogP contribution in [0.3, 0.4) is 0 Å². The normalized spacial score (nSPS) is 15.2. The van der Waals surface area contributed by atoms with Gasteiger partial charge in [-0.05, 0) is 63.0 Å². The minimum Gasteiger partial charge on any atom is -0.496 e. The number of nitrogens with zero attached hydrogens (tertiary/aromatic N) is 4. The number of likely N-dealkylation sites (tertiary alicyclic amines) is 1. The molecule has 6 heteroatoms. The summed E-state index contributed by atoms with van der Waals surface area (Å²) in [7, 11) is 1.75. The van der Waals surface area contributed by atoms with E-state index in [-0.39, 0.29) is 0 Å². The van der Waals surface area contributed by atoms with E-state index in [1.54, 1.807) is 19.5 Å². The number of piperidine rings is 1.